The van der Waals surface area contributed by atoms with Gasteiger partial charge in [-0.05, 0) is 29.1 Å². The van der Waals surface area contributed by atoms with Crippen LogP contribution >= 0.6 is 11.3 Å². The Labute approximate surface area is 165 Å². The molecule has 4 rings (SSSR count). The number of benzene rings is 1. The van der Waals surface area contributed by atoms with E-state index in [4.69, 9.17) is 0 Å². The molecule has 1 atom stereocenters. The highest BCUT2D eigenvalue weighted by Gasteiger charge is 2.22. The van der Waals surface area contributed by atoms with E-state index < -0.39 is 6.10 Å². The molecule has 0 bridgehead atoms. The number of aliphatic hydroxyl groups is 1. The Morgan fingerprint density at radius 2 is 2.04 bits per heavy atom. The number of thiophene rings is 1. The maximum Gasteiger partial charge on any atom is 0.270 e. The molecule has 1 unspecified atom stereocenters. The van der Waals surface area contributed by atoms with Crippen LogP contribution in [0.4, 0.5) is 0 Å². The molecular weight excluding hydrogens is 374 g/mol. The van der Waals surface area contributed by atoms with Gasteiger partial charge < -0.3 is 10.4 Å². The van der Waals surface area contributed by atoms with Crippen LogP contribution in [0, 0.1) is 0 Å². The Balaban J connectivity index is 1.69. The lowest BCUT2D eigenvalue weighted by Gasteiger charge is -2.12. The summed E-state index contributed by atoms with van der Waals surface area (Å²) in [6, 6.07) is 14.4. The summed E-state index contributed by atoms with van der Waals surface area (Å²) in [7, 11) is 0. The maximum atomic E-state index is 13.0. The molecule has 0 saturated heterocycles. The van der Waals surface area contributed by atoms with Crippen LogP contribution in [0.5, 0.6) is 0 Å². The molecule has 0 spiro atoms. The second-order valence-corrected chi connectivity index (χ2v) is 7.01. The number of fused-ring (bicyclic) bond motifs is 1. The van der Waals surface area contributed by atoms with Crippen molar-refractivity contribution < 1.29 is 14.7 Å². The van der Waals surface area contributed by atoms with Crippen molar-refractivity contribution in [1.82, 2.24) is 14.7 Å². The van der Waals surface area contributed by atoms with Gasteiger partial charge in [0.2, 0.25) is 0 Å². The zero-order valence-corrected chi connectivity index (χ0v) is 15.6. The van der Waals surface area contributed by atoms with Crippen molar-refractivity contribution in [1.29, 1.82) is 0 Å². The van der Waals surface area contributed by atoms with Gasteiger partial charge in [-0.3, -0.25) is 14.0 Å². The Morgan fingerprint density at radius 3 is 2.75 bits per heavy atom. The van der Waals surface area contributed by atoms with Gasteiger partial charge in [0.25, 0.3) is 5.91 Å². The normalized spacial score (nSPS) is 12.0. The molecule has 1 aromatic carbocycles. The van der Waals surface area contributed by atoms with E-state index >= 15 is 0 Å². The number of hydrogen-bond donors (Lipinski definition) is 2. The number of nitrogens with zero attached hydrogens (tertiary/aromatic N) is 2. The topological polar surface area (TPSA) is 83.7 Å². The molecule has 0 saturated carbocycles. The Hall–Kier alpha value is -3.29. The van der Waals surface area contributed by atoms with Gasteiger partial charge in [-0.1, -0.05) is 30.3 Å². The average Bonchev–Trinajstić information content (AvgIpc) is 3.39. The van der Waals surface area contributed by atoms with Gasteiger partial charge in [0.05, 0.1) is 11.7 Å². The van der Waals surface area contributed by atoms with E-state index in [9.17, 15) is 14.7 Å². The molecule has 0 aliphatic rings. The quantitative estimate of drug-likeness (QED) is 0.494. The van der Waals surface area contributed by atoms with Crippen LogP contribution in [0.15, 0.2) is 65.5 Å². The third-order valence-electron chi connectivity index (χ3n) is 4.46. The Morgan fingerprint density at radius 1 is 1.21 bits per heavy atom. The van der Waals surface area contributed by atoms with E-state index in [1.54, 1.807) is 34.9 Å². The van der Waals surface area contributed by atoms with Crippen LogP contribution in [-0.2, 0) is 0 Å². The van der Waals surface area contributed by atoms with Crippen LogP contribution in [0.2, 0.25) is 0 Å². The summed E-state index contributed by atoms with van der Waals surface area (Å²) >= 11 is 1.50. The Bertz CT molecular complexity index is 1120. The molecule has 7 heteroatoms. The van der Waals surface area contributed by atoms with Gasteiger partial charge in [0.1, 0.15) is 17.0 Å². The predicted octanol–water partition coefficient (Wildman–Crippen LogP) is 3.34. The van der Waals surface area contributed by atoms with Crippen LogP contribution in [0.3, 0.4) is 0 Å². The fourth-order valence-corrected chi connectivity index (χ4v) is 3.70. The number of hydrogen-bond acceptors (Lipinski definition) is 5. The molecule has 0 aliphatic carbocycles. The first kappa shape index (κ1) is 18.1. The van der Waals surface area contributed by atoms with Gasteiger partial charge in [-0.15, -0.1) is 0 Å². The lowest BCUT2D eigenvalue weighted by molar-refractivity contribution is 0.0911. The summed E-state index contributed by atoms with van der Waals surface area (Å²) in [6.45, 7) is 0.0620. The lowest BCUT2D eigenvalue weighted by atomic mass is 10.1. The van der Waals surface area contributed by atoms with E-state index in [1.807, 2.05) is 35.0 Å². The molecule has 28 heavy (non-hydrogen) atoms. The van der Waals surface area contributed by atoms with E-state index in [1.165, 1.54) is 11.3 Å². The number of carbonyl (C=O) groups excluding carboxylic acids is 2. The standard InChI is InChI=1S/C21H17N3O3S/c25-12-15-7-4-9-24-19(18(23-20(15)24)16-8-10-28-13-16)21(27)22-11-17(26)14-5-2-1-3-6-14/h1-10,12-13,17,26H,11H2,(H,22,27). The van der Waals surface area contributed by atoms with Gasteiger partial charge in [-0.25, -0.2) is 4.98 Å². The van der Waals surface area contributed by atoms with Crippen LogP contribution in [0.1, 0.15) is 32.5 Å². The van der Waals surface area contributed by atoms with Crippen molar-refractivity contribution in [3.63, 3.8) is 0 Å². The van der Waals surface area contributed by atoms with Crippen LogP contribution < -0.4 is 5.32 Å². The van der Waals surface area contributed by atoms with Gasteiger partial charge in [0.15, 0.2) is 6.29 Å². The zero-order chi connectivity index (χ0) is 19.5. The van der Waals surface area contributed by atoms with Gasteiger partial charge in [0, 0.05) is 23.7 Å². The molecule has 0 fully saturated rings. The highest BCUT2D eigenvalue weighted by molar-refractivity contribution is 7.08. The molecule has 140 valence electrons. The molecule has 6 nitrogen and oxygen atoms in total. The first-order valence-corrected chi connectivity index (χ1v) is 9.63. The molecular formula is C21H17N3O3S. The number of carbonyl (C=O) groups is 2. The predicted molar refractivity (Wildman–Crippen MR) is 108 cm³/mol. The lowest BCUT2D eigenvalue weighted by Crippen LogP contribution is -2.29. The van der Waals surface area contributed by atoms with Crippen molar-refractivity contribution in [2.24, 2.45) is 0 Å². The number of imidazole rings is 1. The fraction of sp³-hybridized carbons (Fsp3) is 0.0952. The summed E-state index contributed by atoms with van der Waals surface area (Å²) < 4.78 is 1.61. The minimum absolute atomic E-state index is 0.0620. The summed E-state index contributed by atoms with van der Waals surface area (Å²) in [6.07, 6.45) is 1.60. The number of aliphatic hydroxyl groups excluding tert-OH is 1. The number of aromatic nitrogens is 2. The number of pyridine rings is 1. The fourth-order valence-electron chi connectivity index (χ4n) is 3.06. The smallest absolute Gasteiger partial charge is 0.270 e. The summed E-state index contributed by atoms with van der Waals surface area (Å²) in [5, 5.41) is 16.9. The summed E-state index contributed by atoms with van der Waals surface area (Å²) in [5.41, 5.74) is 3.19. The minimum atomic E-state index is -0.820. The van der Waals surface area contributed by atoms with E-state index in [0.717, 1.165) is 17.4 Å². The molecule has 3 aromatic heterocycles. The molecule has 4 aromatic rings. The molecule has 0 aliphatic heterocycles. The van der Waals surface area contributed by atoms with E-state index in [-0.39, 0.29) is 12.5 Å². The SMILES string of the molecule is O=Cc1cccn2c(C(=O)NCC(O)c3ccccc3)c(-c3ccsc3)nc12. The highest BCUT2D eigenvalue weighted by atomic mass is 32.1. The van der Waals surface area contributed by atoms with Crippen molar-refractivity contribution in [2.45, 2.75) is 6.10 Å². The van der Waals surface area contributed by atoms with Crippen molar-refractivity contribution in [2.75, 3.05) is 6.54 Å². The van der Waals surface area contributed by atoms with E-state index in [0.29, 0.717) is 22.6 Å². The largest absolute Gasteiger partial charge is 0.387 e. The average molecular weight is 391 g/mol. The van der Waals surface area contributed by atoms with Crippen molar-refractivity contribution in [3.05, 3.63) is 82.3 Å². The number of nitrogens with one attached hydrogen (secondary N) is 1. The third-order valence-corrected chi connectivity index (χ3v) is 5.14. The second-order valence-electron chi connectivity index (χ2n) is 6.23. The van der Waals surface area contributed by atoms with Crippen LogP contribution in [0.25, 0.3) is 16.9 Å². The minimum Gasteiger partial charge on any atom is -0.387 e. The van der Waals surface area contributed by atoms with Crippen molar-refractivity contribution >= 4 is 29.2 Å². The van der Waals surface area contributed by atoms with E-state index in [2.05, 4.69) is 10.3 Å². The highest BCUT2D eigenvalue weighted by Crippen LogP contribution is 2.27. The molecule has 1 amide bonds. The second kappa shape index (κ2) is 7.75. The Kier molecular flexibility index (Phi) is 5.01. The number of aldehydes is 1. The first-order valence-electron chi connectivity index (χ1n) is 8.69. The van der Waals surface area contributed by atoms with Gasteiger partial charge >= 0.3 is 0 Å². The van der Waals surface area contributed by atoms with Crippen molar-refractivity contribution in [3.8, 4) is 11.3 Å². The number of amides is 1. The zero-order valence-electron chi connectivity index (χ0n) is 14.8. The van der Waals surface area contributed by atoms with Gasteiger partial charge in [-0.2, -0.15) is 11.3 Å². The molecule has 3 heterocycles. The summed E-state index contributed by atoms with van der Waals surface area (Å²) in [4.78, 5) is 28.9. The number of rotatable bonds is 6. The third kappa shape index (κ3) is 3.33. The first-order chi connectivity index (χ1) is 13.7. The van der Waals surface area contributed by atoms with Crippen LogP contribution in [-0.4, -0.2) is 33.2 Å². The monoisotopic (exact) mass is 391 g/mol. The maximum absolute atomic E-state index is 13.0. The molecule has 0 radical (unpaired) electrons. The molecule has 2 N–H and O–H groups in total. The summed E-state index contributed by atoms with van der Waals surface area (Å²) in [5.74, 6) is -0.369.